The van der Waals surface area contributed by atoms with E-state index in [0.29, 0.717) is 11.3 Å². The minimum atomic E-state index is 0.00744. The van der Waals surface area contributed by atoms with Gasteiger partial charge in [-0.25, -0.2) is 0 Å². The molecule has 3 unspecified atom stereocenters. The van der Waals surface area contributed by atoms with Crippen molar-refractivity contribution >= 4 is 18.8 Å². The second-order valence-electron chi connectivity index (χ2n) is 7.84. The van der Waals surface area contributed by atoms with Crippen molar-refractivity contribution in [1.82, 2.24) is 5.32 Å². The van der Waals surface area contributed by atoms with E-state index in [4.69, 9.17) is 6.42 Å². The maximum Gasteiger partial charge on any atom is 0.0919 e. The molecule has 0 saturated carbocycles. The van der Waals surface area contributed by atoms with Gasteiger partial charge in [-0.15, -0.1) is 6.42 Å². The van der Waals surface area contributed by atoms with Gasteiger partial charge >= 0.3 is 0 Å². The number of nitrogens with one attached hydrogen (secondary N) is 1. The van der Waals surface area contributed by atoms with Crippen LogP contribution in [0.5, 0.6) is 0 Å². The molecule has 1 saturated heterocycles. The van der Waals surface area contributed by atoms with E-state index in [0.717, 1.165) is 45.2 Å². The van der Waals surface area contributed by atoms with Crippen molar-refractivity contribution in [2.24, 2.45) is 21.7 Å². The molecule has 0 spiro atoms. The van der Waals surface area contributed by atoms with Gasteiger partial charge in [0.2, 0.25) is 0 Å². The fourth-order valence-corrected chi connectivity index (χ4v) is 3.73. The molecule has 22 heavy (non-hydrogen) atoms. The van der Waals surface area contributed by atoms with Crippen LogP contribution >= 0.6 is 12.6 Å². The summed E-state index contributed by atoms with van der Waals surface area (Å²) in [6.07, 6.45) is 14.6. The summed E-state index contributed by atoms with van der Waals surface area (Å²) in [5.74, 6) is 3.72. The Bertz CT molecular complexity index is 383. The van der Waals surface area contributed by atoms with Crippen molar-refractivity contribution in [2.75, 3.05) is 13.1 Å². The zero-order valence-corrected chi connectivity index (χ0v) is 15.8. The van der Waals surface area contributed by atoms with Crippen LogP contribution in [-0.2, 0) is 0 Å². The van der Waals surface area contributed by atoms with Gasteiger partial charge in [0.05, 0.1) is 5.37 Å². The van der Waals surface area contributed by atoms with Crippen molar-refractivity contribution in [3.05, 3.63) is 0 Å². The second kappa shape index (κ2) is 8.99. The van der Waals surface area contributed by atoms with Gasteiger partial charge in [-0.3, -0.25) is 4.99 Å². The molecule has 1 fully saturated rings. The van der Waals surface area contributed by atoms with E-state index in [1.165, 1.54) is 6.42 Å². The summed E-state index contributed by atoms with van der Waals surface area (Å²) in [5, 5.41) is 3.63. The number of aliphatic imine (C=N–C) groups is 1. The monoisotopic (exact) mass is 322 g/mol. The van der Waals surface area contributed by atoms with Crippen molar-refractivity contribution in [3.8, 4) is 12.3 Å². The average Bonchev–Trinajstić information content (AvgIpc) is 2.48. The number of thiol groups is 1. The summed E-state index contributed by atoms with van der Waals surface area (Å²) in [6.45, 7) is 11.1. The van der Waals surface area contributed by atoms with Crippen LogP contribution in [0.2, 0.25) is 0 Å². The number of hydrogen-bond donors (Lipinski definition) is 2. The third kappa shape index (κ3) is 6.34. The molecule has 0 radical (unpaired) electrons. The summed E-state index contributed by atoms with van der Waals surface area (Å²) in [4.78, 5) is 4.48. The summed E-state index contributed by atoms with van der Waals surface area (Å²) in [5.41, 5.74) is 0.304. The van der Waals surface area contributed by atoms with E-state index in [2.05, 4.69) is 56.6 Å². The lowest BCUT2D eigenvalue weighted by Gasteiger charge is -2.43. The van der Waals surface area contributed by atoms with Crippen LogP contribution in [-0.4, -0.2) is 24.7 Å². The summed E-state index contributed by atoms with van der Waals surface area (Å²) < 4.78 is 0. The Balaban J connectivity index is 2.79. The summed E-state index contributed by atoms with van der Waals surface area (Å²) >= 11 is 4.61. The first-order chi connectivity index (χ1) is 10.3. The molecular weight excluding hydrogens is 288 g/mol. The Kier molecular flexibility index (Phi) is 8.00. The van der Waals surface area contributed by atoms with Gasteiger partial charge in [0.1, 0.15) is 0 Å². The van der Waals surface area contributed by atoms with Crippen molar-refractivity contribution in [2.45, 2.75) is 71.6 Å². The van der Waals surface area contributed by atoms with Gasteiger partial charge < -0.3 is 5.32 Å². The first kappa shape index (κ1) is 19.6. The molecule has 1 aliphatic rings. The van der Waals surface area contributed by atoms with E-state index in [9.17, 15) is 0 Å². The third-order valence-electron chi connectivity index (χ3n) is 4.58. The van der Waals surface area contributed by atoms with E-state index < -0.39 is 0 Å². The highest BCUT2D eigenvalue weighted by molar-refractivity contribution is 7.80. The molecule has 126 valence electrons. The Morgan fingerprint density at radius 2 is 2.14 bits per heavy atom. The number of nitrogens with zero attached hydrogens (tertiary/aromatic N) is 1. The van der Waals surface area contributed by atoms with Crippen LogP contribution in [0.15, 0.2) is 4.99 Å². The zero-order chi connectivity index (χ0) is 16.6. The first-order valence-corrected chi connectivity index (χ1v) is 9.23. The topological polar surface area (TPSA) is 24.4 Å². The van der Waals surface area contributed by atoms with Crippen LogP contribution in [0, 0.1) is 29.1 Å². The van der Waals surface area contributed by atoms with E-state index in [1.807, 2.05) is 6.21 Å². The van der Waals surface area contributed by atoms with E-state index >= 15 is 0 Å². The van der Waals surface area contributed by atoms with Crippen LogP contribution in [0.4, 0.5) is 0 Å². The second-order valence-corrected chi connectivity index (χ2v) is 8.44. The van der Waals surface area contributed by atoms with Gasteiger partial charge in [0.25, 0.3) is 0 Å². The molecule has 0 aliphatic carbocycles. The molecule has 0 aromatic rings. The molecule has 1 heterocycles. The molecule has 0 bridgehead atoms. The normalized spacial score (nSPS) is 25.8. The zero-order valence-electron chi connectivity index (χ0n) is 14.9. The number of rotatable bonds is 7. The molecule has 3 heteroatoms. The quantitative estimate of drug-likeness (QED) is 0.401. The molecule has 2 nitrogen and oxygen atoms in total. The predicted molar refractivity (Wildman–Crippen MR) is 102 cm³/mol. The number of terminal acetylenes is 1. The highest BCUT2D eigenvalue weighted by Crippen LogP contribution is 2.43. The van der Waals surface area contributed by atoms with Gasteiger partial charge in [-0.05, 0) is 62.6 Å². The van der Waals surface area contributed by atoms with E-state index in [1.54, 1.807) is 0 Å². The molecule has 0 aromatic heterocycles. The van der Waals surface area contributed by atoms with Gasteiger partial charge in [0, 0.05) is 12.0 Å². The fraction of sp³-hybridized carbons (Fsp3) is 0.842. The SMILES string of the molecule is C#CC1(C(CCC(S)/N=C/CC)CC(C)(C)C)CCCNC1. The van der Waals surface area contributed by atoms with Crippen molar-refractivity contribution in [1.29, 1.82) is 0 Å². The van der Waals surface area contributed by atoms with Gasteiger partial charge in [0.15, 0.2) is 0 Å². The maximum atomic E-state index is 6.01. The van der Waals surface area contributed by atoms with Crippen LogP contribution in [0.3, 0.4) is 0 Å². The largest absolute Gasteiger partial charge is 0.315 e. The molecule has 1 aliphatic heterocycles. The van der Waals surface area contributed by atoms with Crippen LogP contribution < -0.4 is 5.32 Å². The fourth-order valence-electron chi connectivity index (χ4n) is 3.48. The Morgan fingerprint density at radius 3 is 2.64 bits per heavy atom. The molecule has 0 amide bonds. The Morgan fingerprint density at radius 1 is 1.41 bits per heavy atom. The number of hydrogen-bond acceptors (Lipinski definition) is 3. The lowest BCUT2D eigenvalue weighted by Crippen LogP contribution is -2.45. The smallest absolute Gasteiger partial charge is 0.0919 e. The third-order valence-corrected chi connectivity index (χ3v) is 4.97. The standard InChI is InChI=1S/C19H34N2S/c1-6-12-21-17(22)10-9-16(14-18(3,4)5)19(7-2)11-8-13-20-15-19/h2,12,16-17,20,22H,6,8-11,13-15H2,1,3-5H3/b21-12+. The lowest BCUT2D eigenvalue weighted by atomic mass is 9.64. The van der Waals surface area contributed by atoms with Gasteiger partial charge in [-0.2, -0.15) is 12.6 Å². The summed E-state index contributed by atoms with van der Waals surface area (Å²) in [6, 6.07) is 0. The highest BCUT2D eigenvalue weighted by Gasteiger charge is 2.39. The molecule has 0 aromatic carbocycles. The van der Waals surface area contributed by atoms with E-state index in [-0.39, 0.29) is 10.8 Å². The molecule has 1 N–H and O–H groups in total. The predicted octanol–water partition coefficient (Wildman–Crippen LogP) is 4.56. The summed E-state index contributed by atoms with van der Waals surface area (Å²) in [7, 11) is 0. The molecule has 1 rings (SSSR count). The maximum absolute atomic E-state index is 6.01. The lowest BCUT2D eigenvalue weighted by molar-refractivity contribution is 0.124. The first-order valence-electron chi connectivity index (χ1n) is 8.71. The Labute approximate surface area is 143 Å². The van der Waals surface area contributed by atoms with Gasteiger partial charge in [-0.1, -0.05) is 33.6 Å². The van der Waals surface area contributed by atoms with Crippen molar-refractivity contribution < 1.29 is 0 Å². The number of piperidine rings is 1. The average molecular weight is 323 g/mol. The molecular formula is C19H34N2S. The minimum absolute atomic E-state index is 0.00744. The molecule has 3 atom stereocenters. The van der Waals surface area contributed by atoms with Crippen molar-refractivity contribution in [3.63, 3.8) is 0 Å². The minimum Gasteiger partial charge on any atom is -0.315 e. The Hall–Kier alpha value is -0.460. The highest BCUT2D eigenvalue weighted by atomic mass is 32.1. The van der Waals surface area contributed by atoms with Crippen LogP contribution in [0.1, 0.15) is 66.2 Å². The van der Waals surface area contributed by atoms with Crippen LogP contribution in [0.25, 0.3) is 0 Å².